The number of allylic oxidation sites excluding steroid dienone is 2. The minimum absolute atomic E-state index is 1.41. The molecule has 0 nitrogen and oxygen atoms in total. The van der Waals surface area contributed by atoms with Crippen LogP contribution in [0.25, 0.3) is 3.62 Å². The molecule has 74 valence electrons. The summed E-state index contributed by atoms with van der Waals surface area (Å²) in [5.74, 6) is 0. The van der Waals surface area contributed by atoms with Gasteiger partial charge in [-0.3, -0.25) is 0 Å². The molecule has 0 saturated carbocycles. The van der Waals surface area contributed by atoms with Crippen molar-refractivity contribution < 1.29 is 0 Å². The Labute approximate surface area is 121 Å². The first kappa shape index (κ1) is 12.1. The maximum absolute atomic E-state index is 2.67. The summed E-state index contributed by atoms with van der Waals surface area (Å²) >= 11 is 7.80. The van der Waals surface area contributed by atoms with Gasteiger partial charge >= 0.3 is 124 Å². The van der Waals surface area contributed by atoms with Gasteiger partial charge in [0.1, 0.15) is 0 Å². The van der Waals surface area contributed by atoms with Crippen molar-refractivity contribution in [2.75, 3.05) is 0 Å². The predicted molar refractivity (Wildman–Crippen MR) is 90.3 cm³/mol. The van der Waals surface area contributed by atoms with Crippen molar-refractivity contribution in [3.05, 3.63) is 49.7 Å². The number of hydrogen-bond acceptors (Lipinski definition) is 0. The average Bonchev–Trinajstić information content (AvgIpc) is 2.42. The fourth-order valence-corrected chi connectivity index (χ4v) is 22.6. The van der Waals surface area contributed by atoms with Crippen LogP contribution in [-0.4, -0.2) is 10.3 Å². The number of halogens is 3. The first-order valence-corrected chi connectivity index (χ1v) is 21.1. The Balaban J connectivity index is 2.51. The Morgan fingerprint density at radius 2 is 1.64 bits per heavy atom. The first-order valence-electron chi connectivity index (χ1n) is 3.97. The number of benzene rings is 1. The van der Waals surface area contributed by atoms with E-state index in [1.807, 2.05) is 0 Å². The Morgan fingerprint density at radius 1 is 1.00 bits per heavy atom. The van der Waals surface area contributed by atoms with Crippen LogP contribution in [0.15, 0.2) is 44.1 Å². The Hall–Kier alpha value is 1.68. The molecule has 0 radical (unpaired) electrons. The summed E-state index contributed by atoms with van der Waals surface area (Å²) in [6.45, 7) is 0. The minimum atomic E-state index is -1.88. The molecule has 1 aromatic rings. The van der Waals surface area contributed by atoms with Crippen LogP contribution in [0.4, 0.5) is 0 Å². The van der Waals surface area contributed by atoms with E-state index >= 15 is 0 Å². The van der Waals surface area contributed by atoms with Crippen molar-refractivity contribution in [2.45, 2.75) is 0 Å². The van der Waals surface area contributed by atoms with Crippen LogP contribution in [0.3, 0.4) is 0 Å². The van der Waals surface area contributed by atoms with Crippen LogP contribution >= 0.6 is 60.0 Å². The molecular weight excluding hydrogens is 628 g/mol. The van der Waals surface area contributed by atoms with E-state index in [1.165, 1.54) is 9.14 Å². The Kier molecular flexibility index (Phi) is 4.25. The van der Waals surface area contributed by atoms with E-state index in [2.05, 4.69) is 101 Å². The van der Waals surface area contributed by atoms with Crippen LogP contribution in [-0.2, 0) is 0 Å². The van der Waals surface area contributed by atoms with E-state index in [-0.39, 0.29) is 0 Å². The molecule has 4 heteroatoms. The summed E-state index contributed by atoms with van der Waals surface area (Å²) in [5.41, 5.74) is 1.41. The van der Waals surface area contributed by atoms with E-state index in [0.717, 1.165) is 0 Å². The second kappa shape index (κ2) is 4.90. The van der Waals surface area contributed by atoms with Gasteiger partial charge in [-0.25, -0.2) is 0 Å². The van der Waals surface area contributed by atoms with Crippen LogP contribution < -0.4 is 0 Å². The van der Waals surface area contributed by atoms with Gasteiger partial charge in [0.15, 0.2) is 0 Å². The standard InChI is InChI=1S/C10H7I3Te/c11-9-6-7-14(12,13)10(9)8-4-2-1-3-5-8/h1-7H. The van der Waals surface area contributed by atoms with Gasteiger partial charge in [-0.05, 0) is 0 Å². The Bertz CT molecular complexity index is 407. The molecule has 1 aliphatic rings. The van der Waals surface area contributed by atoms with Crippen molar-refractivity contribution in [3.8, 4) is 0 Å². The predicted octanol–water partition coefficient (Wildman–Crippen LogP) is 4.79. The van der Waals surface area contributed by atoms with Crippen molar-refractivity contribution in [2.24, 2.45) is 0 Å². The topological polar surface area (TPSA) is 0 Å². The summed E-state index contributed by atoms with van der Waals surface area (Å²) in [5, 5.41) is 0. The molecule has 0 saturated heterocycles. The third-order valence-electron chi connectivity index (χ3n) is 1.91. The van der Waals surface area contributed by atoms with Gasteiger partial charge in [0.25, 0.3) is 0 Å². The average molecular weight is 635 g/mol. The molecule has 0 bridgehead atoms. The number of hydrogen-bond donors (Lipinski definition) is 0. The van der Waals surface area contributed by atoms with E-state index < -0.39 is 10.3 Å². The van der Waals surface area contributed by atoms with Gasteiger partial charge in [-0.15, -0.1) is 0 Å². The van der Waals surface area contributed by atoms with Crippen LogP contribution in [0.2, 0.25) is 0 Å². The molecule has 0 spiro atoms. The van der Waals surface area contributed by atoms with Crippen molar-refractivity contribution in [1.29, 1.82) is 0 Å². The van der Waals surface area contributed by atoms with Gasteiger partial charge in [-0.2, -0.15) is 0 Å². The summed E-state index contributed by atoms with van der Waals surface area (Å²) in [6, 6.07) is 10.8. The van der Waals surface area contributed by atoms with Gasteiger partial charge in [0.2, 0.25) is 0 Å². The van der Waals surface area contributed by atoms with Crippen LogP contribution in [0.1, 0.15) is 5.56 Å². The van der Waals surface area contributed by atoms with E-state index in [0.29, 0.717) is 0 Å². The third-order valence-corrected chi connectivity index (χ3v) is 18.0. The normalized spacial score (nSPS) is 21.4. The molecule has 0 aromatic heterocycles. The molecule has 2 rings (SSSR count). The van der Waals surface area contributed by atoms with E-state index in [4.69, 9.17) is 0 Å². The molecule has 0 aliphatic carbocycles. The molecule has 1 aliphatic heterocycles. The molecule has 14 heavy (non-hydrogen) atoms. The number of rotatable bonds is 1. The molecule has 0 amide bonds. The fourth-order valence-electron chi connectivity index (χ4n) is 1.30. The molecule has 0 atom stereocenters. The van der Waals surface area contributed by atoms with E-state index in [9.17, 15) is 0 Å². The van der Waals surface area contributed by atoms with E-state index in [1.54, 1.807) is 3.62 Å². The fraction of sp³-hybridized carbons (Fsp3) is 0. The molecule has 1 aromatic carbocycles. The van der Waals surface area contributed by atoms with Gasteiger partial charge < -0.3 is 0 Å². The summed E-state index contributed by atoms with van der Waals surface area (Å²) in [4.78, 5) is 0. The zero-order valence-corrected chi connectivity index (χ0v) is 15.9. The van der Waals surface area contributed by atoms with Gasteiger partial charge in [-0.1, -0.05) is 0 Å². The molecular formula is C10H7I3Te. The second-order valence-corrected chi connectivity index (χ2v) is 38.8. The van der Waals surface area contributed by atoms with Gasteiger partial charge in [0.05, 0.1) is 0 Å². The molecule has 0 fully saturated rings. The van der Waals surface area contributed by atoms with Gasteiger partial charge in [0, 0.05) is 0 Å². The molecule has 0 N–H and O–H groups in total. The summed E-state index contributed by atoms with van der Waals surface area (Å²) < 4.78 is 5.47. The van der Waals surface area contributed by atoms with Crippen molar-refractivity contribution in [3.63, 3.8) is 0 Å². The Morgan fingerprint density at radius 3 is 2.14 bits per heavy atom. The third kappa shape index (κ3) is 2.50. The summed E-state index contributed by atoms with van der Waals surface area (Å²) in [6.07, 6.45) is 2.28. The zero-order valence-electron chi connectivity index (χ0n) is 7.08. The zero-order chi connectivity index (χ0) is 10.2. The van der Waals surface area contributed by atoms with Crippen molar-refractivity contribution in [1.82, 2.24) is 0 Å². The second-order valence-electron chi connectivity index (χ2n) is 2.85. The molecule has 1 heterocycles. The first-order chi connectivity index (χ1) is 6.61. The van der Waals surface area contributed by atoms with Crippen molar-refractivity contribution >= 4 is 73.9 Å². The maximum atomic E-state index is 2.67. The SMILES string of the molecule is IC1=C(c2ccccc2)[Te](I)(I)C=C1. The van der Waals surface area contributed by atoms with Crippen LogP contribution in [0.5, 0.6) is 0 Å². The monoisotopic (exact) mass is 638 g/mol. The summed E-state index contributed by atoms with van der Waals surface area (Å²) in [7, 11) is -1.88. The quantitative estimate of drug-likeness (QED) is 0.308. The molecule has 0 unspecified atom stereocenters. The van der Waals surface area contributed by atoms with Crippen LogP contribution in [0, 0.1) is 0 Å².